The van der Waals surface area contributed by atoms with Gasteiger partial charge in [-0.15, -0.1) is 0 Å². The quantitative estimate of drug-likeness (QED) is 0.599. The highest BCUT2D eigenvalue weighted by atomic mass is 16.6. The van der Waals surface area contributed by atoms with Gasteiger partial charge in [-0.1, -0.05) is 0 Å². The molecule has 0 saturated heterocycles. The molecule has 0 aliphatic carbocycles. The third kappa shape index (κ3) is 3.03. The molecule has 0 saturated carbocycles. The van der Waals surface area contributed by atoms with Crippen molar-refractivity contribution in [1.82, 2.24) is 5.32 Å². The number of nitro groups is 1. The van der Waals surface area contributed by atoms with Gasteiger partial charge in [0.25, 0.3) is 11.6 Å². The SMILES string of the molecule is Cc1cc([N+](=O)[O-])ccc1C(=O)N[C@@H](C)C(N)=O. The maximum absolute atomic E-state index is 11.8. The van der Waals surface area contributed by atoms with Crippen molar-refractivity contribution in [3.63, 3.8) is 0 Å². The van der Waals surface area contributed by atoms with Crippen LogP contribution in [0.2, 0.25) is 0 Å². The molecule has 2 amide bonds. The molecular weight excluding hydrogens is 238 g/mol. The van der Waals surface area contributed by atoms with Gasteiger partial charge >= 0.3 is 0 Å². The van der Waals surface area contributed by atoms with Gasteiger partial charge in [-0.3, -0.25) is 19.7 Å². The monoisotopic (exact) mass is 251 g/mol. The summed E-state index contributed by atoms with van der Waals surface area (Å²) in [4.78, 5) is 32.6. The Labute approximate surface area is 103 Å². The summed E-state index contributed by atoms with van der Waals surface area (Å²) in [6.07, 6.45) is 0. The van der Waals surface area contributed by atoms with E-state index in [1.807, 2.05) is 0 Å². The van der Waals surface area contributed by atoms with E-state index < -0.39 is 22.8 Å². The summed E-state index contributed by atoms with van der Waals surface area (Å²) < 4.78 is 0. The summed E-state index contributed by atoms with van der Waals surface area (Å²) in [6.45, 7) is 3.04. The third-order valence-corrected chi connectivity index (χ3v) is 2.44. The molecule has 0 heterocycles. The molecule has 1 aromatic carbocycles. The van der Waals surface area contributed by atoms with Crippen LogP contribution < -0.4 is 11.1 Å². The van der Waals surface area contributed by atoms with Crippen molar-refractivity contribution >= 4 is 17.5 Å². The lowest BCUT2D eigenvalue weighted by molar-refractivity contribution is -0.384. The fraction of sp³-hybridized carbons (Fsp3) is 0.273. The van der Waals surface area contributed by atoms with Gasteiger partial charge in [0.05, 0.1) is 4.92 Å². The lowest BCUT2D eigenvalue weighted by atomic mass is 10.1. The van der Waals surface area contributed by atoms with Crippen molar-refractivity contribution < 1.29 is 14.5 Å². The predicted octanol–water partition coefficient (Wildman–Crippen LogP) is 0.507. The normalized spacial score (nSPS) is 11.7. The molecule has 1 aromatic rings. The van der Waals surface area contributed by atoms with Crippen molar-refractivity contribution in [3.8, 4) is 0 Å². The van der Waals surface area contributed by atoms with Crippen LogP contribution in [-0.4, -0.2) is 22.8 Å². The average molecular weight is 251 g/mol. The van der Waals surface area contributed by atoms with Crippen LogP contribution in [0.25, 0.3) is 0 Å². The summed E-state index contributed by atoms with van der Waals surface area (Å²) in [5.74, 6) is -1.14. The molecule has 96 valence electrons. The number of hydrogen-bond donors (Lipinski definition) is 2. The summed E-state index contributed by atoms with van der Waals surface area (Å²) in [7, 11) is 0. The highest BCUT2D eigenvalue weighted by Crippen LogP contribution is 2.17. The number of rotatable bonds is 4. The molecule has 0 radical (unpaired) electrons. The second kappa shape index (κ2) is 5.26. The van der Waals surface area contributed by atoms with E-state index >= 15 is 0 Å². The molecule has 18 heavy (non-hydrogen) atoms. The topological polar surface area (TPSA) is 115 Å². The molecule has 0 fully saturated rings. The highest BCUT2D eigenvalue weighted by molar-refractivity contribution is 5.98. The van der Waals surface area contributed by atoms with E-state index in [9.17, 15) is 19.7 Å². The van der Waals surface area contributed by atoms with Crippen LogP contribution in [-0.2, 0) is 4.79 Å². The molecule has 0 unspecified atom stereocenters. The number of benzene rings is 1. The summed E-state index contributed by atoms with van der Waals surface area (Å²) in [5, 5.41) is 12.9. The van der Waals surface area contributed by atoms with Gasteiger partial charge in [0, 0.05) is 17.7 Å². The molecule has 0 bridgehead atoms. The Hall–Kier alpha value is -2.44. The molecule has 0 aliphatic heterocycles. The van der Waals surface area contributed by atoms with Crippen LogP contribution in [0.1, 0.15) is 22.8 Å². The van der Waals surface area contributed by atoms with Crippen LogP contribution in [0.3, 0.4) is 0 Å². The van der Waals surface area contributed by atoms with Crippen LogP contribution in [0.4, 0.5) is 5.69 Å². The maximum atomic E-state index is 11.8. The van der Waals surface area contributed by atoms with Crippen LogP contribution >= 0.6 is 0 Å². The number of aryl methyl sites for hydroxylation is 1. The summed E-state index contributed by atoms with van der Waals surface area (Å²) >= 11 is 0. The predicted molar refractivity (Wildman–Crippen MR) is 64.0 cm³/mol. The molecule has 1 atom stereocenters. The minimum atomic E-state index is -0.799. The van der Waals surface area contributed by atoms with Crippen LogP contribution in [0.5, 0.6) is 0 Å². The van der Waals surface area contributed by atoms with Crippen LogP contribution in [0, 0.1) is 17.0 Å². The fourth-order valence-corrected chi connectivity index (χ4v) is 1.36. The zero-order chi connectivity index (χ0) is 13.9. The molecule has 0 spiro atoms. The van der Waals surface area contributed by atoms with Crippen molar-refractivity contribution in [2.75, 3.05) is 0 Å². The second-order valence-electron chi connectivity index (χ2n) is 3.85. The number of primary amides is 1. The molecule has 1 rings (SSSR count). The van der Waals surface area contributed by atoms with Gasteiger partial charge in [0.1, 0.15) is 6.04 Å². The summed E-state index contributed by atoms with van der Waals surface area (Å²) in [5.41, 5.74) is 5.66. The molecule has 7 nitrogen and oxygen atoms in total. The van der Waals surface area contributed by atoms with Gasteiger partial charge in [-0.25, -0.2) is 0 Å². The fourth-order valence-electron chi connectivity index (χ4n) is 1.36. The number of nitro benzene ring substituents is 1. The van der Waals surface area contributed by atoms with E-state index in [1.54, 1.807) is 6.92 Å². The molecule has 3 N–H and O–H groups in total. The number of carbonyl (C=O) groups excluding carboxylic acids is 2. The number of hydrogen-bond acceptors (Lipinski definition) is 4. The Balaban J connectivity index is 2.94. The Morgan fingerprint density at radius 3 is 2.50 bits per heavy atom. The number of nitrogens with two attached hydrogens (primary N) is 1. The lowest BCUT2D eigenvalue weighted by Crippen LogP contribution is -2.42. The Bertz CT molecular complexity index is 513. The van der Waals surface area contributed by atoms with E-state index in [4.69, 9.17) is 5.73 Å². The number of amides is 2. The first kappa shape index (κ1) is 13.6. The minimum absolute atomic E-state index is 0.0907. The smallest absolute Gasteiger partial charge is 0.269 e. The third-order valence-electron chi connectivity index (χ3n) is 2.44. The van der Waals surface area contributed by atoms with Crippen molar-refractivity contribution in [2.45, 2.75) is 19.9 Å². The van der Waals surface area contributed by atoms with Gasteiger partial charge in [-0.2, -0.15) is 0 Å². The largest absolute Gasteiger partial charge is 0.368 e. The zero-order valence-corrected chi connectivity index (χ0v) is 9.97. The zero-order valence-electron chi connectivity index (χ0n) is 9.97. The Kier molecular flexibility index (Phi) is 3.98. The highest BCUT2D eigenvalue weighted by Gasteiger charge is 2.17. The van der Waals surface area contributed by atoms with Gasteiger partial charge in [-0.05, 0) is 25.5 Å². The number of carbonyl (C=O) groups is 2. The summed E-state index contributed by atoms with van der Waals surface area (Å²) in [6, 6.07) is 3.07. The molecule has 0 aromatic heterocycles. The van der Waals surface area contributed by atoms with Gasteiger partial charge in [0.15, 0.2) is 0 Å². The maximum Gasteiger partial charge on any atom is 0.269 e. The average Bonchev–Trinajstić information content (AvgIpc) is 2.28. The molecular formula is C11H13N3O4. The standard InChI is InChI=1S/C11H13N3O4/c1-6-5-8(14(17)18)3-4-9(6)11(16)13-7(2)10(12)15/h3-5,7H,1-2H3,(H2,12,15)(H,13,16)/t7-/m0/s1. The first-order valence-corrected chi connectivity index (χ1v) is 5.18. The number of non-ortho nitro benzene ring substituents is 1. The first-order valence-electron chi connectivity index (χ1n) is 5.18. The van der Waals surface area contributed by atoms with Crippen molar-refractivity contribution in [1.29, 1.82) is 0 Å². The van der Waals surface area contributed by atoms with Gasteiger partial charge in [0.2, 0.25) is 5.91 Å². The van der Waals surface area contributed by atoms with E-state index in [0.29, 0.717) is 5.56 Å². The number of nitrogens with one attached hydrogen (secondary N) is 1. The van der Waals surface area contributed by atoms with E-state index in [1.165, 1.54) is 25.1 Å². The van der Waals surface area contributed by atoms with Crippen LogP contribution in [0.15, 0.2) is 18.2 Å². The van der Waals surface area contributed by atoms with E-state index in [-0.39, 0.29) is 11.3 Å². The van der Waals surface area contributed by atoms with Crippen molar-refractivity contribution in [2.24, 2.45) is 5.73 Å². The van der Waals surface area contributed by atoms with Crippen molar-refractivity contribution in [3.05, 3.63) is 39.4 Å². The van der Waals surface area contributed by atoms with E-state index in [2.05, 4.69) is 5.32 Å². The Morgan fingerprint density at radius 1 is 1.44 bits per heavy atom. The Morgan fingerprint density at radius 2 is 2.06 bits per heavy atom. The number of nitrogens with zero attached hydrogens (tertiary/aromatic N) is 1. The first-order chi connectivity index (χ1) is 8.32. The second-order valence-corrected chi connectivity index (χ2v) is 3.85. The lowest BCUT2D eigenvalue weighted by Gasteiger charge is -2.11. The molecule has 0 aliphatic rings. The molecule has 7 heteroatoms. The minimum Gasteiger partial charge on any atom is -0.368 e. The van der Waals surface area contributed by atoms with Gasteiger partial charge < -0.3 is 11.1 Å². The van der Waals surface area contributed by atoms with E-state index in [0.717, 1.165) is 0 Å².